The summed E-state index contributed by atoms with van der Waals surface area (Å²) < 4.78 is 18.5. The van der Waals surface area contributed by atoms with Crippen molar-refractivity contribution in [3.05, 3.63) is 65.5 Å². The zero-order valence-corrected chi connectivity index (χ0v) is 15.4. The van der Waals surface area contributed by atoms with Gasteiger partial charge in [-0.1, -0.05) is 24.3 Å². The van der Waals surface area contributed by atoms with Gasteiger partial charge in [0.1, 0.15) is 11.6 Å². The van der Waals surface area contributed by atoms with Gasteiger partial charge in [-0.25, -0.2) is 9.38 Å². The van der Waals surface area contributed by atoms with Gasteiger partial charge in [-0.15, -0.1) is 0 Å². The minimum Gasteiger partial charge on any atom is -0.484 e. The Morgan fingerprint density at radius 3 is 2.59 bits per heavy atom. The fourth-order valence-electron chi connectivity index (χ4n) is 2.38. The van der Waals surface area contributed by atoms with Gasteiger partial charge in [-0.3, -0.25) is 4.79 Å². The fraction of sp³-hybridized carbons (Fsp3) is 0.300. The number of ether oxygens (including phenoxy) is 1. The molecular formula is C20H25FN4O2. The van der Waals surface area contributed by atoms with Crippen molar-refractivity contribution in [1.82, 2.24) is 10.6 Å². The van der Waals surface area contributed by atoms with Crippen LogP contribution in [0.5, 0.6) is 5.75 Å². The third-order valence-corrected chi connectivity index (χ3v) is 3.66. The molecule has 0 bridgehead atoms. The minimum absolute atomic E-state index is 0.130. The number of halogens is 1. The molecule has 2 rings (SSSR count). The Morgan fingerprint density at radius 2 is 1.93 bits per heavy atom. The number of carbonyl (C=O) groups is 1. The molecule has 0 fully saturated rings. The third kappa shape index (κ3) is 7.77. The molecule has 2 aromatic rings. The lowest BCUT2D eigenvalue weighted by molar-refractivity contribution is -0.119. The molecule has 1 amide bonds. The van der Waals surface area contributed by atoms with E-state index in [1.165, 1.54) is 12.1 Å². The van der Waals surface area contributed by atoms with Crippen molar-refractivity contribution in [2.75, 3.05) is 19.7 Å². The lowest BCUT2D eigenvalue weighted by Gasteiger charge is -2.11. The van der Waals surface area contributed by atoms with E-state index in [0.29, 0.717) is 24.8 Å². The molecule has 7 heteroatoms. The van der Waals surface area contributed by atoms with E-state index in [0.717, 1.165) is 24.1 Å². The molecule has 0 spiro atoms. The number of primary amides is 1. The monoisotopic (exact) mass is 372 g/mol. The number of nitrogens with zero attached hydrogens (tertiary/aromatic N) is 1. The van der Waals surface area contributed by atoms with Crippen LogP contribution >= 0.6 is 0 Å². The molecule has 6 nitrogen and oxygen atoms in total. The zero-order valence-electron chi connectivity index (χ0n) is 15.4. The fourth-order valence-corrected chi connectivity index (χ4v) is 2.38. The van der Waals surface area contributed by atoms with Crippen LogP contribution < -0.4 is 21.1 Å². The average molecular weight is 372 g/mol. The largest absolute Gasteiger partial charge is 0.484 e. The van der Waals surface area contributed by atoms with Gasteiger partial charge in [0.25, 0.3) is 5.91 Å². The molecular weight excluding hydrogens is 347 g/mol. The van der Waals surface area contributed by atoms with Crippen LogP contribution in [0.15, 0.2) is 53.5 Å². The molecule has 0 aromatic heterocycles. The molecule has 27 heavy (non-hydrogen) atoms. The first kappa shape index (κ1) is 20.2. The number of benzene rings is 2. The number of aliphatic imine (C=N–C) groups is 1. The highest BCUT2D eigenvalue weighted by atomic mass is 19.1. The van der Waals surface area contributed by atoms with Crippen LogP contribution in [-0.2, 0) is 17.8 Å². The first-order valence-electron chi connectivity index (χ1n) is 8.83. The summed E-state index contributed by atoms with van der Waals surface area (Å²) in [4.78, 5) is 15.2. The van der Waals surface area contributed by atoms with Crippen LogP contribution in [0.1, 0.15) is 18.1 Å². The summed E-state index contributed by atoms with van der Waals surface area (Å²) in [6.07, 6.45) is 0.792. The average Bonchev–Trinajstić information content (AvgIpc) is 2.65. The molecule has 144 valence electrons. The topological polar surface area (TPSA) is 88.7 Å². The van der Waals surface area contributed by atoms with Crippen molar-refractivity contribution < 1.29 is 13.9 Å². The number of nitrogens with two attached hydrogens (primary N) is 1. The summed E-state index contributed by atoms with van der Waals surface area (Å²) in [5.74, 6) is 0.527. The Kier molecular flexibility index (Phi) is 8.09. The van der Waals surface area contributed by atoms with Gasteiger partial charge in [-0.05, 0) is 48.7 Å². The number of carbonyl (C=O) groups excluding carboxylic acids is 1. The summed E-state index contributed by atoms with van der Waals surface area (Å²) in [7, 11) is 0. The highest BCUT2D eigenvalue weighted by Gasteiger charge is 2.01. The highest BCUT2D eigenvalue weighted by molar-refractivity contribution is 5.79. The second-order valence-corrected chi connectivity index (χ2v) is 5.90. The second-order valence-electron chi connectivity index (χ2n) is 5.90. The van der Waals surface area contributed by atoms with Crippen molar-refractivity contribution in [2.24, 2.45) is 10.7 Å². The zero-order chi connectivity index (χ0) is 19.5. The molecule has 0 saturated heterocycles. The normalized spacial score (nSPS) is 11.1. The van der Waals surface area contributed by atoms with Crippen LogP contribution in [0.25, 0.3) is 0 Å². The summed E-state index contributed by atoms with van der Waals surface area (Å²) in [5.41, 5.74) is 6.99. The first-order chi connectivity index (χ1) is 13.1. The van der Waals surface area contributed by atoms with E-state index in [1.807, 2.05) is 37.3 Å². The second kappa shape index (κ2) is 10.8. The number of guanidine groups is 1. The standard InChI is InChI=1S/C20H25FN4O2/c1-2-23-20(25-13-16-4-3-5-17(21)12-16)24-11-10-15-6-8-18(9-7-15)27-14-19(22)26/h3-9,12H,2,10-11,13-14H2,1H3,(H2,22,26)(H2,23,24,25). The summed E-state index contributed by atoms with van der Waals surface area (Å²) in [6.45, 7) is 3.69. The van der Waals surface area contributed by atoms with Crippen molar-refractivity contribution in [2.45, 2.75) is 19.9 Å². The predicted octanol–water partition coefficient (Wildman–Crippen LogP) is 1.99. The van der Waals surface area contributed by atoms with Gasteiger partial charge in [0, 0.05) is 13.1 Å². The third-order valence-electron chi connectivity index (χ3n) is 3.66. The van der Waals surface area contributed by atoms with E-state index >= 15 is 0 Å². The number of rotatable bonds is 9. The summed E-state index contributed by atoms with van der Waals surface area (Å²) in [5, 5.41) is 6.43. The van der Waals surface area contributed by atoms with E-state index in [4.69, 9.17) is 10.5 Å². The van der Waals surface area contributed by atoms with Crippen LogP contribution in [0.3, 0.4) is 0 Å². The molecule has 0 aliphatic rings. The van der Waals surface area contributed by atoms with Crippen molar-refractivity contribution in [1.29, 1.82) is 0 Å². The molecule has 0 aliphatic heterocycles. The number of amides is 1. The smallest absolute Gasteiger partial charge is 0.255 e. The van der Waals surface area contributed by atoms with E-state index in [9.17, 15) is 9.18 Å². The molecule has 4 N–H and O–H groups in total. The predicted molar refractivity (Wildman–Crippen MR) is 104 cm³/mol. The molecule has 2 aromatic carbocycles. The Bertz CT molecular complexity index is 763. The van der Waals surface area contributed by atoms with Gasteiger partial charge >= 0.3 is 0 Å². The lowest BCUT2D eigenvalue weighted by Crippen LogP contribution is -2.38. The Labute approximate surface area is 158 Å². The van der Waals surface area contributed by atoms with Gasteiger partial charge in [-0.2, -0.15) is 0 Å². The van der Waals surface area contributed by atoms with E-state index in [2.05, 4.69) is 15.6 Å². The number of hydrogen-bond acceptors (Lipinski definition) is 3. The SMILES string of the molecule is CCNC(=NCc1cccc(F)c1)NCCc1ccc(OCC(N)=O)cc1. The minimum atomic E-state index is -0.503. The van der Waals surface area contributed by atoms with Crippen molar-refractivity contribution in [3.63, 3.8) is 0 Å². The molecule has 0 saturated carbocycles. The van der Waals surface area contributed by atoms with Crippen LogP contribution in [-0.4, -0.2) is 31.6 Å². The molecule has 0 radical (unpaired) electrons. The highest BCUT2D eigenvalue weighted by Crippen LogP contribution is 2.12. The first-order valence-corrected chi connectivity index (χ1v) is 8.83. The molecule has 0 atom stereocenters. The maximum atomic E-state index is 13.2. The van der Waals surface area contributed by atoms with Crippen molar-refractivity contribution in [3.8, 4) is 5.75 Å². The van der Waals surface area contributed by atoms with E-state index < -0.39 is 5.91 Å². The van der Waals surface area contributed by atoms with Crippen LogP contribution in [0, 0.1) is 5.82 Å². The van der Waals surface area contributed by atoms with E-state index in [-0.39, 0.29) is 12.4 Å². The Balaban J connectivity index is 1.83. The summed E-state index contributed by atoms with van der Waals surface area (Å²) >= 11 is 0. The Hall–Kier alpha value is -3.09. The van der Waals surface area contributed by atoms with Crippen LogP contribution in [0.2, 0.25) is 0 Å². The maximum absolute atomic E-state index is 13.2. The van der Waals surface area contributed by atoms with E-state index in [1.54, 1.807) is 6.07 Å². The quantitative estimate of drug-likeness (QED) is 0.464. The van der Waals surface area contributed by atoms with Gasteiger partial charge in [0.2, 0.25) is 0 Å². The van der Waals surface area contributed by atoms with Crippen molar-refractivity contribution >= 4 is 11.9 Å². The van der Waals surface area contributed by atoms with Gasteiger partial charge in [0.15, 0.2) is 12.6 Å². The lowest BCUT2D eigenvalue weighted by atomic mass is 10.1. The van der Waals surface area contributed by atoms with Gasteiger partial charge in [0.05, 0.1) is 6.54 Å². The maximum Gasteiger partial charge on any atom is 0.255 e. The Morgan fingerprint density at radius 1 is 1.15 bits per heavy atom. The molecule has 0 aliphatic carbocycles. The molecule has 0 unspecified atom stereocenters. The number of hydrogen-bond donors (Lipinski definition) is 3. The summed E-state index contributed by atoms with van der Waals surface area (Å²) in [6, 6.07) is 13.9. The van der Waals surface area contributed by atoms with Crippen LogP contribution in [0.4, 0.5) is 4.39 Å². The number of nitrogens with one attached hydrogen (secondary N) is 2. The molecule has 0 heterocycles. The van der Waals surface area contributed by atoms with Gasteiger partial charge < -0.3 is 21.1 Å².